The Morgan fingerprint density at radius 1 is 1.19 bits per heavy atom. The second-order valence-corrected chi connectivity index (χ2v) is 4.22. The van der Waals surface area contributed by atoms with Crippen LogP contribution in [-0.4, -0.2) is 15.8 Å². The summed E-state index contributed by atoms with van der Waals surface area (Å²) in [6.45, 7) is 0. The maximum atomic E-state index is 11.8. The summed E-state index contributed by atoms with van der Waals surface area (Å²) in [6, 6.07) is 9.34. The predicted octanol–water partition coefficient (Wildman–Crippen LogP) is 2.66. The number of benzene rings is 1. The molecule has 3 nitrogen and oxygen atoms in total. The van der Waals surface area contributed by atoms with Crippen molar-refractivity contribution in [3.05, 3.63) is 58.6 Å². The summed E-state index contributed by atoms with van der Waals surface area (Å²) in [4.78, 5) is 19.6. The van der Waals surface area contributed by atoms with E-state index in [1.165, 1.54) is 0 Å². The van der Waals surface area contributed by atoms with Crippen molar-refractivity contribution in [2.24, 2.45) is 0 Å². The second-order valence-electron chi connectivity index (χ2n) is 3.30. The standard InChI is InChI=1S/C12H9BrN2O/c13-10-4-1-3-9(7-10)8-11(16)12-14-5-2-6-15-12/h1-7H,8H2. The van der Waals surface area contributed by atoms with E-state index in [1.807, 2.05) is 24.3 Å². The largest absolute Gasteiger partial charge is 0.290 e. The Kier molecular flexibility index (Phi) is 3.41. The van der Waals surface area contributed by atoms with Gasteiger partial charge in [-0.1, -0.05) is 28.1 Å². The Hall–Kier alpha value is -1.55. The molecular weight excluding hydrogens is 268 g/mol. The molecule has 0 aliphatic heterocycles. The normalized spacial score (nSPS) is 10.1. The Labute approximate surface area is 102 Å². The molecule has 0 aliphatic rings. The lowest BCUT2D eigenvalue weighted by Gasteiger charge is -2.00. The van der Waals surface area contributed by atoms with Crippen LogP contribution in [0.3, 0.4) is 0 Å². The zero-order valence-electron chi connectivity index (χ0n) is 8.43. The van der Waals surface area contributed by atoms with E-state index < -0.39 is 0 Å². The van der Waals surface area contributed by atoms with Gasteiger partial charge in [-0.05, 0) is 23.8 Å². The van der Waals surface area contributed by atoms with Gasteiger partial charge in [0, 0.05) is 23.3 Å². The fourth-order valence-corrected chi connectivity index (χ4v) is 1.80. The fraction of sp³-hybridized carbons (Fsp3) is 0.0833. The van der Waals surface area contributed by atoms with Gasteiger partial charge in [-0.15, -0.1) is 0 Å². The van der Waals surface area contributed by atoms with E-state index in [0.29, 0.717) is 6.42 Å². The molecule has 16 heavy (non-hydrogen) atoms. The maximum absolute atomic E-state index is 11.8. The number of aromatic nitrogens is 2. The smallest absolute Gasteiger partial charge is 0.204 e. The van der Waals surface area contributed by atoms with E-state index in [1.54, 1.807) is 18.5 Å². The summed E-state index contributed by atoms with van der Waals surface area (Å²) in [7, 11) is 0. The summed E-state index contributed by atoms with van der Waals surface area (Å²) in [6.07, 6.45) is 3.46. The molecule has 1 heterocycles. The van der Waals surface area contributed by atoms with Crippen LogP contribution in [0, 0.1) is 0 Å². The van der Waals surface area contributed by atoms with Crippen LogP contribution in [0.2, 0.25) is 0 Å². The van der Waals surface area contributed by atoms with Crippen molar-refractivity contribution in [2.45, 2.75) is 6.42 Å². The summed E-state index contributed by atoms with van der Waals surface area (Å²) in [5.41, 5.74) is 0.951. The first-order chi connectivity index (χ1) is 7.75. The summed E-state index contributed by atoms with van der Waals surface area (Å²) >= 11 is 3.37. The first kappa shape index (κ1) is 11.0. The minimum absolute atomic E-state index is 0.0706. The number of hydrogen-bond acceptors (Lipinski definition) is 3. The number of halogens is 1. The SMILES string of the molecule is O=C(Cc1cccc(Br)c1)c1ncccn1. The molecule has 0 radical (unpaired) electrons. The maximum Gasteiger partial charge on any atom is 0.204 e. The van der Waals surface area contributed by atoms with Crippen molar-refractivity contribution in [2.75, 3.05) is 0 Å². The summed E-state index contributed by atoms with van der Waals surface area (Å²) in [5.74, 6) is 0.196. The van der Waals surface area contributed by atoms with Gasteiger partial charge in [-0.3, -0.25) is 4.79 Å². The van der Waals surface area contributed by atoms with Crippen molar-refractivity contribution in [3.63, 3.8) is 0 Å². The van der Waals surface area contributed by atoms with Crippen molar-refractivity contribution < 1.29 is 4.79 Å². The molecule has 0 amide bonds. The average molecular weight is 277 g/mol. The topological polar surface area (TPSA) is 42.9 Å². The number of rotatable bonds is 3. The lowest BCUT2D eigenvalue weighted by atomic mass is 10.1. The van der Waals surface area contributed by atoms with Crippen LogP contribution in [0.15, 0.2) is 47.2 Å². The van der Waals surface area contributed by atoms with E-state index in [2.05, 4.69) is 25.9 Å². The van der Waals surface area contributed by atoms with E-state index in [9.17, 15) is 4.79 Å². The zero-order valence-corrected chi connectivity index (χ0v) is 10.0. The Morgan fingerprint density at radius 3 is 2.62 bits per heavy atom. The third-order valence-electron chi connectivity index (χ3n) is 2.07. The van der Waals surface area contributed by atoms with Gasteiger partial charge in [-0.2, -0.15) is 0 Å². The predicted molar refractivity (Wildman–Crippen MR) is 64.2 cm³/mol. The first-order valence-electron chi connectivity index (χ1n) is 4.80. The first-order valence-corrected chi connectivity index (χ1v) is 5.59. The molecule has 0 unspecified atom stereocenters. The van der Waals surface area contributed by atoms with Gasteiger partial charge in [0.25, 0.3) is 0 Å². The minimum Gasteiger partial charge on any atom is -0.290 e. The van der Waals surface area contributed by atoms with Crippen LogP contribution in [-0.2, 0) is 6.42 Å². The molecule has 0 bridgehead atoms. The van der Waals surface area contributed by atoms with Crippen molar-refractivity contribution in [1.82, 2.24) is 9.97 Å². The monoisotopic (exact) mass is 276 g/mol. The number of carbonyl (C=O) groups is 1. The third kappa shape index (κ3) is 2.73. The lowest BCUT2D eigenvalue weighted by Crippen LogP contribution is -2.07. The van der Waals surface area contributed by atoms with E-state index in [0.717, 1.165) is 10.0 Å². The molecule has 0 atom stereocenters. The molecule has 80 valence electrons. The van der Waals surface area contributed by atoms with Crippen LogP contribution in [0.1, 0.15) is 16.2 Å². The minimum atomic E-state index is -0.0706. The van der Waals surface area contributed by atoms with Gasteiger partial charge in [0.05, 0.1) is 0 Å². The molecule has 0 N–H and O–H groups in total. The van der Waals surface area contributed by atoms with Crippen molar-refractivity contribution in [3.8, 4) is 0 Å². The third-order valence-corrected chi connectivity index (χ3v) is 2.56. The number of Topliss-reactive ketones (excluding diaryl/α,β-unsaturated/α-hetero) is 1. The molecule has 0 saturated carbocycles. The molecule has 0 fully saturated rings. The quantitative estimate of drug-likeness (QED) is 0.810. The molecule has 0 spiro atoms. The molecule has 2 aromatic rings. The Balaban J connectivity index is 2.14. The van der Waals surface area contributed by atoms with Crippen LogP contribution in [0.25, 0.3) is 0 Å². The van der Waals surface area contributed by atoms with Gasteiger partial charge < -0.3 is 0 Å². The van der Waals surface area contributed by atoms with Crippen LogP contribution in [0.5, 0.6) is 0 Å². The summed E-state index contributed by atoms with van der Waals surface area (Å²) in [5, 5.41) is 0. The Bertz CT molecular complexity index is 499. The van der Waals surface area contributed by atoms with Crippen LogP contribution < -0.4 is 0 Å². The number of ketones is 1. The lowest BCUT2D eigenvalue weighted by molar-refractivity contribution is 0.0983. The van der Waals surface area contributed by atoms with Crippen LogP contribution >= 0.6 is 15.9 Å². The molecule has 2 rings (SSSR count). The molecule has 4 heteroatoms. The van der Waals surface area contributed by atoms with Crippen molar-refractivity contribution in [1.29, 1.82) is 0 Å². The highest BCUT2D eigenvalue weighted by atomic mass is 79.9. The molecule has 1 aromatic heterocycles. The molecule has 1 aromatic carbocycles. The number of nitrogens with zero attached hydrogens (tertiary/aromatic N) is 2. The van der Waals surface area contributed by atoms with Crippen molar-refractivity contribution >= 4 is 21.7 Å². The zero-order chi connectivity index (χ0) is 11.4. The summed E-state index contributed by atoms with van der Waals surface area (Å²) < 4.78 is 0.965. The van der Waals surface area contributed by atoms with Gasteiger partial charge in [0.1, 0.15) is 0 Å². The molecule has 0 aliphatic carbocycles. The second kappa shape index (κ2) is 4.99. The van der Waals surface area contributed by atoms with Gasteiger partial charge in [-0.25, -0.2) is 9.97 Å². The molecular formula is C12H9BrN2O. The highest BCUT2D eigenvalue weighted by Crippen LogP contribution is 2.12. The highest BCUT2D eigenvalue weighted by Gasteiger charge is 2.09. The van der Waals surface area contributed by atoms with Gasteiger partial charge in [0.15, 0.2) is 5.82 Å². The van der Waals surface area contributed by atoms with E-state index in [-0.39, 0.29) is 11.6 Å². The van der Waals surface area contributed by atoms with Gasteiger partial charge in [0.2, 0.25) is 5.78 Å². The molecule has 0 saturated heterocycles. The number of carbonyl (C=O) groups excluding carboxylic acids is 1. The fourth-order valence-electron chi connectivity index (χ4n) is 1.35. The van der Waals surface area contributed by atoms with Gasteiger partial charge >= 0.3 is 0 Å². The Morgan fingerprint density at radius 2 is 1.94 bits per heavy atom. The highest BCUT2D eigenvalue weighted by molar-refractivity contribution is 9.10. The number of hydrogen-bond donors (Lipinski definition) is 0. The van der Waals surface area contributed by atoms with E-state index in [4.69, 9.17) is 0 Å². The van der Waals surface area contributed by atoms with Crippen LogP contribution in [0.4, 0.5) is 0 Å². The van der Waals surface area contributed by atoms with E-state index >= 15 is 0 Å². The average Bonchev–Trinajstić information content (AvgIpc) is 2.30.